The molecule has 1 aliphatic rings. The van der Waals surface area contributed by atoms with Gasteiger partial charge in [-0.25, -0.2) is 0 Å². The summed E-state index contributed by atoms with van der Waals surface area (Å²) in [4.78, 5) is 11.1. The summed E-state index contributed by atoms with van der Waals surface area (Å²) in [7, 11) is 0. The van der Waals surface area contributed by atoms with E-state index in [2.05, 4.69) is 27.7 Å². The Morgan fingerprint density at radius 3 is 2.31 bits per heavy atom. The average Bonchev–Trinajstić information content (AvgIpc) is 1.96. The lowest BCUT2D eigenvalue weighted by molar-refractivity contribution is -0.152. The van der Waals surface area contributed by atoms with Crippen LogP contribution in [0.3, 0.4) is 0 Å². The van der Waals surface area contributed by atoms with Crippen molar-refractivity contribution in [3.63, 3.8) is 0 Å². The zero-order valence-corrected chi connectivity index (χ0v) is 9.00. The zero-order chi connectivity index (χ0) is 10.2. The monoisotopic (exact) mass is 184 g/mol. The van der Waals surface area contributed by atoms with Crippen LogP contribution in [0.2, 0.25) is 0 Å². The molecule has 76 valence electrons. The van der Waals surface area contributed by atoms with Gasteiger partial charge in [-0.3, -0.25) is 4.79 Å². The third-order valence-corrected chi connectivity index (χ3v) is 3.78. The maximum absolute atomic E-state index is 11.1. The molecule has 0 bridgehead atoms. The molecular formula is C11H20O2. The molecule has 13 heavy (non-hydrogen) atoms. The van der Waals surface area contributed by atoms with E-state index in [0.29, 0.717) is 11.8 Å². The molecule has 0 spiro atoms. The molecular weight excluding hydrogens is 164 g/mol. The van der Waals surface area contributed by atoms with Gasteiger partial charge < -0.3 is 5.11 Å². The van der Waals surface area contributed by atoms with Crippen molar-refractivity contribution in [2.45, 2.75) is 40.5 Å². The van der Waals surface area contributed by atoms with Crippen molar-refractivity contribution in [1.82, 2.24) is 0 Å². The van der Waals surface area contributed by atoms with E-state index in [0.717, 1.165) is 12.8 Å². The van der Waals surface area contributed by atoms with Crippen molar-refractivity contribution < 1.29 is 9.90 Å². The standard InChI is InChI=1S/C11H20O2/c1-7-5-6-11(3,4)9(8(7)2)10(12)13/h7-9H,5-6H2,1-4H3,(H,12,13)/t7?,8-,9-/m1/s1. The molecule has 0 aromatic carbocycles. The van der Waals surface area contributed by atoms with Crippen molar-refractivity contribution in [2.24, 2.45) is 23.2 Å². The Morgan fingerprint density at radius 2 is 1.92 bits per heavy atom. The van der Waals surface area contributed by atoms with Gasteiger partial charge in [0.1, 0.15) is 0 Å². The summed E-state index contributed by atoms with van der Waals surface area (Å²) in [5.74, 6) is 0.0654. The van der Waals surface area contributed by atoms with Crippen LogP contribution >= 0.6 is 0 Å². The fraction of sp³-hybridized carbons (Fsp3) is 0.909. The molecule has 0 aromatic rings. The summed E-state index contributed by atoms with van der Waals surface area (Å²) in [5.41, 5.74) is -0.0300. The van der Waals surface area contributed by atoms with Crippen molar-refractivity contribution >= 4 is 5.97 Å². The first-order valence-corrected chi connectivity index (χ1v) is 5.09. The fourth-order valence-corrected chi connectivity index (χ4v) is 2.62. The van der Waals surface area contributed by atoms with Crippen LogP contribution in [0, 0.1) is 23.2 Å². The Labute approximate surface area is 80.3 Å². The largest absolute Gasteiger partial charge is 0.481 e. The molecule has 1 fully saturated rings. The highest BCUT2D eigenvalue weighted by Crippen LogP contribution is 2.46. The average molecular weight is 184 g/mol. The van der Waals surface area contributed by atoms with Gasteiger partial charge in [-0.1, -0.05) is 27.7 Å². The Kier molecular flexibility index (Phi) is 2.69. The number of aliphatic carboxylic acids is 1. The molecule has 1 N–H and O–H groups in total. The van der Waals surface area contributed by atoms with Crippen LogP contribution in [-0.2, 0) is 4.79 Å². The summed E-state index contributed by atoms with van der Waals surface area (Å²) >= 11 is 0. The molecule has 1 saturated carbocycles. The molecule has 0 aliphatic heterocycles. The Bertz CT molecular complexity index is 208. The van der Waals surface area contributed by atoms with E-state index in [1.54, 1.807) is 0 Å². The molecule has 1 unspecified atom stereocenters. The molecule has 0 aromatic heterocycles. The van der Waals surface area contributed by atoms with E-state index in [9.17, 15) is 4.79 Å². The van der Waals surface area contributed by atoms with Crippen LogP contribution in [-0.4, -0.2) is 11.1 Å². The molecule has 1 rings (SSSR count). The van der Waals surface area contributed by atoms with Crippen molar-refractivity contribution in [3.05, 3.63) is 0 Å². The van der Waals surface area contributed by atoms with Crippen LogP contribution in [0.15, 0.2) is 0 Å². The van der Waals surface area contributed by atoms with Gasteiger partial charge in [-0.2, -0.15) is 0 Å². The molecule has 2 nitrogen and oxygen atoms in total. The summed E-state index contributed by atoms with van der Waals surface area (Å²) in [6, 6.07) is 0. The molecule has 0 heterocycles. The van der Waals surface area contributed by atoms with Gasteiger partial charge in [0.2, 0.25) is 0 Å². The van der Waals surface area contributed by atoms with E-state index in [1.807, 2.05) is 0 Å². The van der Waals surface area contributed by atoms with Crippen molar-refractivity contribution in [3.8, 4) is 0 Å². The van der Waals surface area contributed by atoms with Crippen LogP contribution in [0.25, 0.3) is 0 Å². The number of carboxylic acids is 1. The summed E-state index contributed by atoms with van der Waals surface area (Å²) < 4.78 is 0. The minimum atomic E-state index is -0.621. The first-order valence-electron chi connectivity index (χ1n) is 5.09. The lowest BCUT2D eigenvalue weighted by atomic mass is 9.61. The predicted octanol–water partition coefficient (Wildman–Crippen LogP) is 2.78. The number of carbonyl (C=O) groups is 1. The van der Waals surface area contributed by atoms with Gasteiger partial charge in [0.25, 0.3) is 0 Å². The van der Waals surface area contributed by atoms with E-state index < -0.39 is 5.97 Å². The number of hydrogen-bond donors (Lipinski definition) is 1. The topological polar surface area (TPSA) is 37.3 Å². The van der Waals surface area contributed by atoms with Crippen LogP contribution in [0.4, 0.5) is 0 Å². The lowest BCUT2D eigenvalue weighted by Gasteiger charge is -2.43. The van der Waals surface area contributed by atoms with E-state index >= 15 is 0 Å². The third kappa shape index (κ3) is 1.87. The summed E-state index contributed by atoms with van der Waals surface area (Å²) in [6.45, 7) is 8.39. The van der Waals surface area contributed by atoms with Crippen LogP contribution in [0.1, 0.15) is 40.5 Å². The highest BCUT2D eigenvalue weighted by atomic mass is 16.4. The SMILES string of the molecule is CC1CCC(C)(C)[C@@H](C(=O)O)[C@@H]1C. The van der Waals surface area contributed by atoms with Crippen molar-refractivity contribution in [2.75, 3.05) is 0 Å². The Balaban J connectivity index is 2.88. The minimum absolute atomic E-state index is 0.0300. The van der Waals surface area contributed by atoms with E-state index in [1.165, 1.54) is 0 Å². The smallest absolute Gasteiger partial charge is 0.307 e. The summed E-state index contributed by atoms with van der Waals surface area (Å²) in [6.07, 6.45) is 2.20. The van der Waals surface area contributed by atoms with Gasteiger partial charge >= 0.3 is 5.97 Å². The highest BCUT2D eigenvalue weighted by Gasteiger charge is 2.44. The molecule has 0 saturated heterocycles. The second-order valence-electron chi connectivity index (χ2n) is 5.18. The van der Waals surface area contributed by atoms with Crippen LogP contribution < -0.4 is 0 Å². The van der Waals surface area contributed by atoms with Gasteiger partial charge in [-0.15, -0.1) is 0 Å². The molecule has 2 heteroatoms. The normalized spacial score (nSPS) is 38.6. The highest BCUT2D eigenvalue weighted by molar-refractivity contribution is 5.71. The second-order valence-corrected chi connectivity index (χ2v) is 5.18. The first-order chi connectivity index (χ1) is 5.86. The number of carboxylic acid groups (broad SMARTS) is 1. The Morgan fingerprint density at radius 1 is 1.38 bits per heavy atom. The molecule has 1 aliphatic carbocycles. The fourth-order valence-electron chi connectivity index (χ4n) is 2.62. The van der Waals surface area contributed by atoms with Gasteiger partial charge in [-0.05, 0) is 30.1 Å². The lowest BCUT2D eigenvalue weighted by Crippen LogP contribution is -2.42. The molecule has 3 atom stereocenters. The Hall–Kier alpha value is -0.530. The quantitative estimate of drug-likeness (QED) is 0.680. The van der Waals surface area contributed by atoms with Gasteiger partial charge in [0.05, 0.1) is 5.92 Å². The van der Waals surface area contributed by atoms with E-state index in [4.69, 9.17) is 5.11 Å². The maximum Gasteiger partial charge on any atom is 0.307 e. The van der Waals surface area contributed by atoms with Crippen molar-refractivity contribution in [1.29, 1.82) is 0 Å². The molecule has 0 radical (unpaired) electrons. The number of rotatable bonds is 1. The summed E-state index contributed by atoms with van der Waals surface area (Å²) in [5, 5.41) is 9.16. The second kappa shape index (κ2) is 3.32. The third-order valence-electron chi connectivity index (χ3n) is 3.78. The molecule has 0 amide bonds. The van der Waals surface area contributed by atoms with Gasteiger partial charge in [0, 0.05) is 0 Å². The predicted molar refractivity (Wildman–Crippen MR) is 52.5 cm³/mol. The maximum atomic E-state index is 11.1. The number of hydrogen-bond acceptors (Lipinski definition) is 1. The van der Waals surface area contributed by atoms with E-state index in [-0.39, 0.29) is 11.3 Å². The van der Waals surface area contributed by atoms with Crippen LogP contribution in [0.5, 0.6) is 0 Å². The zero-order valence-electron chi connectivity index (χ0n) is 9.00. The first kappa shape index (κ1) is 10.6. The minimum Gasteiger partial charge on any atom is -0.481 e. The van der Waals surface area contributed by atoms with Gasteiger partial charge in [0.15, 0.2) is 0 Å².